The SMILES string of the molecule is COc1ccc(C(=O)c2ccco2)nn1. The van der Waals surface area contributed by atoms with Gasteiger partial charge in [-0.3, -0.25) is 4.79 Å². The van der Waals surface area contributed by atoms with Crippen LogP contribution in [0.2, 0.25) is 0 Å². The molecular formula is C10H8N2O3. The predicted octanol–water partition coefficient (Wildman–Crippen LogP) is 1.31. The minimum atomic E-state index is -0.296. The van der Waals surface area contributed by atoms with Crippen LogP contribution in [-0.4, -0.2) is 23.1 Å². The van der Waals surface area contributed by atoms with E-state index < -0.39 is 0 Å². The Balaban J connectivity index is 2.27. The van der Waals surface area contributed by atoms with Gasteiger partial charge in [-0.2, -0.15) is 0 Å². The van der Waals surface area contributed by atoms with E-state index in [1.54, 1.807) is 18.2 Å². The maximum atomic E-state index is 11.7. The maximum absolute atomic E-state index is 11.7. The van der Waals surface area contributed by atoms with Crippen LogP contribution in [-0.2, 0) is 0 Å². The van der Waals surface area contributed by atoms with Crippen molar-refractivity contribution in [2.24, 2.45) is 0 Å². The Labute approximate surface area is 85.7 Å². The van der Waals surface area contributed by atoms with Gasteiger partial charge in [0.15, 0.2) is 5.76 Å². The zero-order valence-electron chi connectivity index (χ0n) is 8.01. The van der Waals surface area contributed by atoms with Gasteiger partial charge >= 0.3 is 0 Å². The summed E-state index contributed by atoms with van der Waals surface area (Å²) < 4.78 is 9.79. The normalized spacial score (nSPS) is 9.93. The highest BCUT2D eigenvalue weighted by molar-refractivity contribution is 6.05. The second kappa shape index (κ2) is 3.91. The number of furan rings is 1. The molecule has 2 rings (SSSR count). The van der Waals surface area contributed by atoms with Crippen molar-refractivity contribution in [1.29, 1.82) is 0 Å². The number of ether oxygens (including phenoxy) is 1. The Morgan fingerprint density at radius 3 is 2.73 bits per heavy atom. The second-order valence-electron chi connectivity index (χ2n) is 2.77. The average Bonchev–Trinajstić information content (AvgIpc) is 2.82. The van der Waals surface area contributed by atoms with Crippen molar-refractivity contribution < 1.29 is 13.9 Å². The van der Waals surface area contributed by atoms with Gasteiger partial charge in [-0.05, 0) is 18.2 Å². The lowest BCUT2D eigenvalue weighted by molar-refractivity contribution is 0.100. The smallest absolute Gasteiger partial charge is 0.248 e. The van der Waals surface area contributed by atoms with Crippen LogP contribution in [0.15, 0.2) is 34.9 Å². The molecule has 0 bridgehead atoms. The van der Waals surface area contributed by atoms with Crippen LogP contribution >= 0.6 is 0 Å². The average molecular weight is 204 g/mol. The molecular weight excluding hydrogens is 196 g/mol. The number of hydrogen-bond donors (Lipinski definition) is 0. The summed E-state index contributed by atoms with van der Waals surface area (Å²) >= 11 is 0. The van der Waals surface area contributed by atoms with Crippen molar-refractivity contribution >= 4 is 5.78 Å². The maximum Gasteiger partial charge on any atom is 0.248 e. The summed E-state index contributed by atoms with van der Waals surface area (Å²) in [7, 11) is 1.48. The molecule has 0 saturated heterocycles. The lowest BCUT2D eigenvalue weighted by Gasteiger charge is -1.98. The first-order valence-corrected chi connectivity index (χ1v) is 4.27. The van der Waals surface area contributed by atoms with Crippen LogP contribution in [0.3, 0.4) is 0 Å². The summed E-state index contributed by atoms with van der Waals surface area (Å²) in [6.07, 6.45) is 1.43. The molecule has 15 heavy (non-hydrogen) atoms. The molecule has 0 atom stereocenters. The van der Waals surface area contributed by atoms with Crippen LogP contribution in [0, 0.1) is 0 Å². The van der Waals surface area contributed by atoms with Crippen molar-refractivity contribution in [3.05, 3.63) is 42.0 Å². The van der Waals surface area contributed by atoms with E-state index >= 15 is 0 Å². The Kier molecular flexibility index (Phi) is 2.45. The lowest BCUT2D eigenvalue weighted by Crippen LogP contribution is -2.04. The molecule has 5 nitrogen and oxygen atoms in total. The molecule has 0 radical (unpaired) electrons. The standard InChI is InChI=1S/C10H8N2O3/c1-14-9-5-4-7(11-12-9)10(13)8-3-2-6-15-8/h2-6H,1H3. The van der Waals surface area contributed by atoms with Gasteiger partial charge in [-0.1, -0.05) is 0 Å². The highest BCUT2D eigenvalue weighted by atomic mass is 16.5. The van der Waals surface area contributed by atoms with E-state index in [1.807, 2.05) is 0 Å². The second-order valence-corrected chi connectivity index (χ2v) is 2.77. The van der Waals surface area contributed by atoms with Gasteiger partial charge in [0, 0.05) is 6.07 Å². The molecule has 0 spiro atoms. The Morgan fingerprint density at radius 2 is 2.20 bits per heavy atom. The monoisotopic (exact) mass is 204 g/mol. The van der Waals surface area contributed by atoms with Crippen LogP contribution < -0.4 is 4.74 Å². The fourth-order valence-corrected chi connectivity index (χ4v) is 1.08. The predicted molar refractivity (Wildman–Crippen MR) is 50.7 cm³/mol. The summed E-state index contributed by atoms with van der Waals surface area (Å²) in [4.78, 5) is 11.7. The first kappa shape index (κ1) is 9.39. The molecule has 0 aromatic carbocycles. The molecule has 5 heteroatoms. The summed E-state index contributed by atoms with van der Waals surface area (Å²) in [5, 5.41) is 7.41. The van der Waals surface area contributed by atoms with Crippen molar-refractivity contribution in [1.82, 2.24) is 10.2 Å². The van der Waals surface area contributed by atoms with Crippen LogP contribution in [0.5, 0.6) is 5.88 Å². The van der Waals surface area contributed by atoms with E-state index in [0.29, 0.717) is 5.88 Å². The zero-order chi connectivity index (χ0) is 10.7. The third kappa shape index (κ3) is 1.85. The minimum Gasteiger partial charge on any atom is -0.480 e. The number of rotatable bonds is 3. The number of carbonyl (C=O) groups excluding carboxylic acids is 1. The van der Waals surface area contributed by atoms with Crippen LogP contribution in [0.25, 0.3) is 0 Å². The van der Waals surface area contributed by atoms with Crippen molar-refractivity contribution in [3.63, 3.8) is 0 Å². The first-order valence-electron chi connectivity index (χ1n) is 4.27. The molecule has 0 aliphatic rings. The molecule has 2 aromatic heterocycles. The van der Waals surface area contributed by atoms with E-state index in [0.717, 1.165) is 0 Å². The van der Waals surface area contributed by atoms with E-state index in [1.165, 1.54) is 19.4 Å². The molecule has 0 fully saturated rings. The fraction of sp³-hybridized carbons (Fsp3) is 0.100. The van der Waals surface area contributed by atoms with Crippen molar-refractivity contribution in [2.45, 2.75) is 0 Å². The van der Waals surface area contributed by atoms with Crippen molar-refractivity contribution in [3.8, 4) is 5.88 Å². The highest BCUT2D eigenvalue weighted by Gasteiger charge is 2.13. The van der Waals surface area contributed by atoms with Crippen LogP contribution in [0.4, 0.5) is 0 Å². The molecule has 0 amide bonds. The third-order valence-electron chi connectivity index (χ3n) is 1.83. The van der Waals surface area contributed by atoms with Gasteiger partial charge in [0.05, 0.1) is 13.4 Å². The topological polar surface area (TPSA) is 65.2 Å². The van der Waals surface area contributed by atoms with Gasteiger partial charge in [0.2, 0.25) is 11.7 Å². The van der Waals surface area contributed by atoms with Crippen LogP contribution in [0.1, 0.15) is 16.2 Å². The summed E-state index contributed by atoms with van der Waals surface area (Å²) in [5.41, 5.74) is 0.228. The van der Waals surface area contributed by atoms with Gasteiger partial charge < -0.3 is 9.15 Å². The zero-order valence-corrected chi connectivity index (χ0v) is 8.01. The summed E-state index contributed by atoms with van der Waals surface area (Å²) in [5.74, 6) is 0.315. The number of nitrogens with zero attached hydrogens (tertiary/aromatic N) is 2. The number of carbonyl (C=O) groups is 1. The minimum absolute atomic E-state index is 0.228. The molecule has 0 saturated carbocycles. The van der Waals surface area contributed by atoms with Gasteiger partial charge in [-0.15, -0.1) is 10.2 Å². The largest absolute Gasteiger partial charge is 0.480 e. The number of aromatic nitrogens is 2. The first-order chi connectivity index (χ1) is 7.31. The third-order valence-corrected chi connectivity index (χ3v) is 1.83. The molecule has 0 unspecified atom stereocenters. The molecule has 0 aliphatic carbocycles. The molecule has 0 N–H and O–H groups in total. The Bertz CT molecular complexity index is 448. The number of ketones is 1. The highest BCUT2D eigenvalue weighted by Crippen LogP contribution is 2.09. The number of hydrogen-bond acceptors (Lipinski definition) is 5. The summed E-state index contributed by atoms with van der Waals surface area (Å²) in [6, 6.07) is 6.33. The molecule has 0 aliphatic heterocycles. The van der Waals surface area contributed by atoms with Gasteiger partial charge in [-0.25, -0.2) is 0 Å². The van der Waals surface area contributed by atoms with E-state index in [4.69, 9.17) is 9.15 Å². The molecule has 2 aromatic rings. The van der Waals surface area contributed by atoms with Gasteiger partial charge in [0.25, 0.3) is 0 Å². The number of methoxy groups -OCH3 is 1. The van der Waals surface area contributed by atoms with Gasteiger partial charge in [0.1, 0.15) is 5.69 Å². The summed E-state index contributed by atoms with van der Waals surface area (Å²) in [6.45, 7) is 0. The lowest BCUT2D eigenvalue weighted by atomic mass is 10.2. The quantitative estimate of drug-likeness (QED) is 0.705. The molecule has 76 valence electrons. The fourth-order valence-electron chi connectivity index (χ4n) is 1.08. The molecule has 2 heterocycles. The van der Waals surface area contributed by atoms with E-state index in [-0.39, 0.29) is 17.2 Å². The Morgan fingerprint density at radius 1 is 1.33 bits per heavy atom. The Hall–Kier alpha value is -2.17. The van der Waals surface area contributed by atoms with Crippen molar-refractivity contribution in [2.75, 3.05) is 7.11 Å². The van der Waals surface area contributed by atoms with E-state index in [9.17, 15) is 4.79 Å². The van der Waals surface area contributed by atoms with E-state index in [2.05, 4.69) is 10.2 Å².